The molecule has 0 aromatic rings. The summed E-state index contributed by atoms with van der Waals surface area (Å²) in [7, 11) is 4.44. The van der Waals surface area contributed by atoms with Crippen LogP contribution in [-0.2, 0) is 0 Å². The van der Waals surface area contributed by atoms with Gasteiger partial charge in [-0.15, -0.1) is 0 Å². The molecule has 1 fully saturated rings. The smallest absolute Gasteiger partial charge is 0.0164 e. The van der Waals surface area contributed by atoms with Crippen molar-refractivity contribution < 1.29 is 0 Å². The van der Waals surface area contributed by atoms with Gasteiger partial charge in [0.25, 0.3) is 0 Å². The molecule has 0 aliphatic heterocycles. The monoisotopic (exact) mass is 175 g/mol. The van der Waals surface area contributed by atoms with E-state index in [4.69, 9.17) is 0 Å². The average Bonchev–Trinajstić information content (AvgIpc) is 2.03. The molecular formula is C12H17N. The topological polar surface area (TPSA) is 3.24 Å². The van der Waals surface area contributed by atoms with Gasteiger partial charge in [0.05, 0.1) is 0 Å². The van der Waals surface area contributed by atoms with Gasteiger partial charge in [-0.2, -0.15) is 0 Å². The maximum atomic E-state index is 2.46. The SMILES string of the molecule is CN(C)C1CC2C=CC1C1C=CC21. The lowest BCUT2D eigenvalue weighted by Gasteiger charge is -2.53. The Labute approximate surface area is 80.1 Å². The largest absolute Gasteiger partial charge is 0.306 e. The van der Waals surface area contributed by atoms with Crippen LogP contribution in [0, 0.1) is 23.7 Å². The Morgan fingerprint density at radius 1 is 0.923 bits per heavy atom. The maximum absolute atomic E-state index is 2.46. The summed E-state index contributed by atoms with van der Waals surface area (Å²) in [5.74, 6) is 3.41. The average molecular weight is 175 g/mol. The van der Waals surface area contributed by atoms with E-state index in [-0.39, 0.29) is 0 Å². The van der Waals surface area contributed by atoms with Gasteiger partial charge < -0.3 is 4.90 Å². The first-order valence-corrected chi connectivity index (χ1v) is 5.30. The third kappa shape index (κ3) is 0.912. The number of hydrogen-bond acceptors (Lipinski definition) is 1. The standard InChI is InChI=1S/C12H17N/c1-13(2)12-7-8-3-4-11(12)10-6-5-9(8)10/h3-6,8-12H,7H2,1-2H3. The molecule has 5 atom stereocenters. The van der Waals surface area contributed by atoms with Crippen LogP contribution in [0.25, 0.3) is 0 Å². The summed E-state index contributed by atoms with van der Waals surface area (Å²) in [6, 6.07) is 0.793. The molecule has 1 nitrogen and oxygen atoms in total. The molecule has 5 unspecified atom stereocenters. The van der Waals surface area contributed by atoms with Gasteiger partial charge in [-0.05, 0) is 44.2 Å². The minimum atomic E-state index is 0.793. The maximum Gasteiger partial charge on any atom is 0.0164 e. The first kappa shape index (κ1) is 7.81. The quantitative estimate of drug-likeness (QED) is 0.550. The lowest BCUT2D eigenvalue weighted by atomic mass is 9.55. The predicted molar refractivity (Wildman–Crippen MR) is 54.3 cm³/mol. The van der Waals surface area contributed by atoms with Crippen molar-refractivity contribution in [2.75, 3.05) is 14.1 Å². The fraction of sp³-hybridized carbons (Fsp3) is 0.667. The van der Waals surface area contributed by atoms with E-state index >= 15 is 0 Å². The Kier molecular flexibility index (Phi) is 1.49. The van der Waals surface area contributed by atoms with Crippen molar-refractivity contribution in [1.82, 2.24) is 4.90 Å². The molecule has 1 saturated carbocycles. The third-order valence-corrected chi connectivity index (χ3v) is 4.14. The zero-order valence-electron chi connectivity index (χ0n) is 8.35. The molecule has 0 radical (unpaired) electrons. The van der Waals surface area contributed by atoms with Gasteiger partial charge >= 0.3 is 0 Å². The summed E-state index contributed by atoms with van der Waals surface area (Å²) in [5.41, 5.74) is 0. The lowest BCUT2D eigenvalue weighted by molar-refractivity contribution is 0.0708. The second kappa shape index (κ2) is 2.48. The number of rotatable bonds is 1. The zero-order chi connectivity index (χ0) is 9.00. The van der Waals surface area contributed by atoms with Gasteiger partial charge in [0, 0.05) is 6.04 Å². The van der Waals surface area contributed by atoms with Gasteiger partial charge in [-0.25, -0.2) is 0 Å². The molecule has 0 aromatic heterocycles. The predicted octanol–water partition coefficient (Wildman–Crippen LogP) is 1.92. The van der Waals surface area contributed by atoms with Gasteiger partial charge in [-0.3, -0.25) is 0 Å². The van der Waals surface area contributed by atoms with Crippen LogP contribution in [0.15, 0.2) is 24.3 Å². The molecule has 0 saturated heterocycles. The van der Waals surface area contributed by atoms with Gasteiger partial charge in [0.1, 0.15) is 0 Å². The van der Waals surface area contributed by atoms with Crippen LogP contribution in [-0.4, -0.2) is 25.0 Å². The highest BCUT2D eigenvalue weighted by molar-refractivity contribution is 5.27. The normalized spacial score (nSPS) is 50.8. The van der Waals surface area contributed by atoms with Crippen molar-refractivity contribution in [3.05, 3.63) is 24.3 Å². The summed E-state index contributed by atoms with van der Waals surface area (Å²) in [5, 5.41) is 0. The second-order valence-corrected chi connectivity index (χ2v) is 4.93. The zero-order valence-corrected chi connectivity index (χ0v) is 8.35. The Hall–Kier alpha value is -0.560. The fourth-order valence-electron chi connectivity index (χ4n) is 3.32. The minimum absolute atomic E-state index is 0.793. The van der Waals surface area contributed by atoms with Crippen molar-refractivity contribution in [3.8, 4) is 0 Å². The van der Waals surface area contributed by atoms with Crippen molar-refractivity contribution in [3.63, 3.8) is 0 Å². The van der Waals surface area contributed by atoms with Gasteiger partial charge in [0.2, 0.25) is 0 Å². The Morgan fingerprint density at radius 3 is 2.15 bits per heavy atom. The Morgan fingerprint density at radius 2 is 1.62 bits per heavy atom. The van der Waals surface area contributed by atoms with E-state index < -0.39 is 0 Å². The molecule has 0 heterocycles. The molecule has 70 valence electrons. The molecule has 0 aromatic carbocycles. The summed E-state index contributed by atoms with van der Waals surface area (Å²) in [6.07, 6.45) is 11.1. The van der Waals surface area contributed by atoms with E-state index in [2.05, 4.69) is 43.3 Å². The first-order chi connectivity index (χ1) is 6.27. The van der Waals surface area contributed by atoms with Crippen molar-refractivity contribution in [1.29, 1.82) is 0 Å². The number of allylic oxidation sites excluding steroid dienone is 3. The minimum Gasteiger partial charge on any atom is -0.306 e. The highest BCUT2D eigenvalue weighted by Gasteiger charge is 2.47. The summed E-state index contributed by atoms with van der Waals surface area (Å²) in [4.78, 5) is 2.41. The highest BCUT2D eigenvalue weighted by atomic mass is 15.1. The van der Waals surface area contributed by atoms with Crippen molar-refractivity contribution >= 4 is 0 Å². The first-order valence-electron chi connectivity index (χ1n) is 5.30. The van der Waals surface area contributed by atoms with Gasteiger partial charge in [-0.1, -0.05) is 24.3 Å². The molecule has 4 aliphatic carbocycles. The Balaban J connectivity index is 1.92. The third-order valence-electron chi connectivity index (χ3n) is 4.14. The molecule has 2 bridgehead atoms. The van der Waals surface area contributed by atoms with Gasteiger partial charge in [0.15, 0.2) is 0 Å². The molecule has 4 aliphatic rings. The van der Waals surface area contributed by atoms with E-state index in [0.717, 1.165) is 29.7 Å². The van der Waals surface area contributed by atoms with E-state index in [1.807, 2.05) is 0 Å². The lowest BCUT2D eigenvalue weighted by Crippen LogP contribution is -2.51. The van der Waals surface area contributed by atoms with E-state index in [9.17, 15) is 0 Å². The molecule has 0 amide bonds. The molecule has 0 spiro atoms. The van der Waals surface area contributed by atoms with E-state index in [0.29, 0.717) is 0 Å². The van der Waals surface area contributed by atoms with Crippen LogP contribution in [0.2, 0.25) is 0 Å². The van der Waals surface area contributed by atoms with E-state index in [1.54, 1.807) is 0 Å². The number of nitrogens with zero attached hydrogens (tertiary/aromatic N) is 1. The van der Waals surface area contributed by atoms with E-state index in [1.165, 1.54) is 6.42 Å². The van der Waals surface area contributed by atoms with Crippen LogP contribution >= 0.6 is 0 Å². The van der Waals surface area contributed by atoms with Crippen LogP contribution in [0.3, 0.4) is 0 Å². The number of fused-ring (bicyclic) bond motifs is 1. The summed E-state index contributed by atoms with van der Waals surface area (Å²) >= 11 is 0. The second-order valence-electron chi connectivity index (χ2n) is 4.93. The number of hydrogen-bond donors (Lipinski definition) is 0. The van der Waals surface area contributed by atoms with Crippen molar-refractivity contribution in [2.24, 2.45) is 23.7 Å². The molecule has 1 heteroatoms. The van der Waals surface area contributed by atoms with Crippen LogP contribution in [0.1, 0.15) is 6.42 Å². The molecule has 0 N–H and O–H groups in total. The fourth-order valence-corrected chi connectivity index (χ4v) is 3.32. The van der Waals surface area contributed by atoms with Crippen LogP contribution in [0.4, 0.5) is 0 Å². The molecule has 4 rings (SSSR count). The summed E-state index contributed by atoms with van der Waals surface area (Å²) in [6.45, 7) is 0. The van der Waals surface area contributed by atoms with Crippen LogP contribution < -0.4 is 0 Å². The van der Waals surface area contributed by atoms with Crippen molar-refractivity contribution in [2.45, 2.75) is 12.5 Å². The highest BCUT2D eigenvalue weighted by Crippen LogP contribution is 2.51. The molecule has 13 heavy (non-hydrogen) atoms. The van der Waals surface area contributed by atoms with Crippen LogP contribution in [0.5, 0.6) is 0 Å². The Bertz CT molecular complexity index is 277. The molecular weight excluding hydrogens is 158 g/mol. The summed E-state index contributed by atoms with van der Waals surface area (Å²) < 4.78 is 0.